The van der Waals surface area contributed by atoms with Gasteiger partial charge in [-0.15, -0.1) is 0 Å². The highest BCUT2D eigenvalue weighted by Gasteiger charge is 2.31. The molecule has 3 rings (SSSR count). The van der Waals surface area contributed by atoms with Gasteiger partial charge in [0.05, 0.1) is 6.42 Å². The second-order valence-corrected chi connectivity index (χ2v) is 9.19. The van der Waals surface area contributed by atoms with Gasteiger partial charge in [-0.1, -0.05) is 85.1 Å². The van der Waals surface area contributed by atoms with E-state index in [1.807, 2.05) is 37.3 Å². The standard InChI is InChI=1S/C28H29Cl2FN2O2/c1-2-3-16-32-28(35)26(17-20-8-5-4-6-9-20)33(19-23-24(29)10-7-11-25(23)30)27(34)18-21-12-14-22(31)15-13-21/h4-15,26H,2-3,16-19H2,1H3,(H,32,35)/t26-/m0/s1. The minimum absolute atomic E-state index is 0.00980. The zero-order valence-corrected chi connectivity index (χ0v) is 21.2. The van der Waals surface area contributed by atoms with Crippen LogP contribution in [0.25, 0.3) is 0 Å². The summed E-state index contributed by atoms with van der Waals surface area (Å²) in [5.74, 6) is -0.893. The van der Waals surface area contributed by atoms with E-state index < -0.39 is 6.04 Å². The van der Waals surface area contributed by atoms with Gasteiger partial charge < -0.3 is 10.2 Å². The molecule has 0 bridgehead atoms. The van der Waals surface area contributed by atoms with Gasteiger partial charge >= 0.3 is 0 Å². The van der Waals surface area contributed by atoms with Crippen LogP contribution in [0.5, 0.6) is 0 Å². The fourth-order valence-corrected chi connectivity index (χ4v) is 4.31. The van der Waals surface area contributed by atoms with Gasteiger partial charge in [0.1, 0.15) is 11.9 Å². The lowest BCUT2D eigenvalue weighted by Crippen LogP contribution is -2.51. The fraction of sp³-hybridized carbons (Fsp3) is 0.286. The number of amides is 2. The van der Waals surface area contributed by atoms with Gasteiger partial charge in [-0.05, 0) is 41.8 Å². The number of unbranched alkanes of at least 4 members (excludes halogenated alkanes) is 1. The molecule has 7 heteroatoms. The Hall–Kier alpha value is -2.89. The highest BCUT2D eigenvalue weighted by Crippen LogP contribution is 2.27. The molecular formula is C28H29Cl2FN2O2. The van der Waals surface area contributed by atoms with Crippen molar-refractivity contribution in [1.82, 2.24) is 10.2 Å². The normalized spacial score (nSPS) is 11.7. The molecule has 4 nitrogen and oxygen atoms in total. The quantitative estimate of drug-likeness (QED) is 0.308. The number of halogens is 3. The van der Waals surface area contributed by atoms with E-state index in [1.165, 1.54) is 17.0 Å². The van der Waals surface area contributed by atoms with Crippen LogP contribution in [-0.2, 0) is 29.0 Å². The molecule has 0 radical (unpaired) electrons. The van der Waals surface area contributed by atoms with Gasteiger partial charge in [0.2, 0.25) is 11.8 Å². The Bertz CT molecular complexity index is 1100. The van der Waals surface area contributed by atoms with Crippen LogP contribution in [0.1, 0.15) is 36.5 Å². The van der Waals surface area contributed by atoms with Crippen LogP contribution in [0.4, 0.5) is 4.39 Å². The molecule has 3 aromatic carbocycles. The highest BCUT2D eigenvalue weighted by atomic mass is 35.5. The molecule has 0 spiro atoms. The second-order valence-electron chi connectivity index (χ2n) is 8.38. The minimum Gasteiger partial charge on any atom is -0.354 e. The number of carbonyl (C=O) groups excluding carboxylic acids is 2. The monoisotopic (exact) mass is 514 g/mol. The van der Waals surface area contributed by atoms with Crippen LogP contribution < -0.4 is 5.32 Å². The molecule has 1 N–H and O–H groups in total. The van der Waals surface area contributed by atoms with Gasteiger partial charge in [-0.25, -0.2) is 4.39 Å². The number of rotatable bonds is 11. The van der Waals surface area contributed by atoms with Crippen molar-refractivity contribution in [3.63, 3.8) is 0 Å². The first-order chi connectivity index (χ1) is 16.9. The third-order valence-electron chi connectivity index (χ3n) is 5.76. The molecule has 184 valence electrons. The maximum Gasteiger partial charge on any atom is 0.243 e. The van der Waals surface area contributed by atoms with E-state index in [0.29, 0.717) is 34.1 Å². The predicted octanol–water partition coefficient (Wildman–Crippen LogP) is 6.23. The molecule has 3 aromatic rings. The van der Waals surface area contributed by atoms with E-state index >= 15 is 0 Å². The molecule has 1 atom stereocenters. The molecule has 0 fully saturated rings. The summed E-state index contributed by atoms with van der Waals surface area (Å²) < 4.78 is 13.4. The number of carbonyl (C=O) groups is 2. The van der Waals surface area contributed by atoms with Crippen molar-refractivity contribution in [3.8, 4) is 0 Å². The van der Waals surface area contributed by atoms with Gasteiger partial charge in [-0.2, -0.15) is 0 Å². The first-order valence-corrected chi connectivity index (χ1v) is 12.4. The lowest BCUT2D eigenvalue weighted by atomic mass is 10.0. The van der Waals surface area contributed by atoms with Crippen LogP contribution in [-0.4, -0.2) is 29.3 Å². The molecule has 0 aliphatic carbocycles. The zero-order chi connectivity index (χ0) is 25.2. The Morgan fingerprint density at radius 1 is 0.914 bits per heavy atom. The number of nitrogens with one attached hydrogen (secondary N) is 1. The lowest BCUT2D eigenvalue weighted by molar-refractivity contribution is -0.140. The Kier molecular flexibility index (Phi) is 10.1. The highest BCUT2D eigenvalue weighted by molar-refractivity contribution is 6.36. The first kappa shape index (κ1) is 26.7. The van der Waals surface area contributed by atoms with Gasteiger partial charge in [0.25, 0.3) is 0 Å². The summed E-state index contributed by atoms with van der Waals surface area (Å²) in [6.45, 7) is 2.64. The van der Waals surface area contributed by atoms with E-state index in [0.717, 1.165) is 18.4 Å². The van der Waals surface area contributed by atoms with Crippen molar-refractivity contribution in [2.45, 2.75) is 45.2 Å². The van der Waals surface area contributed by atoms with Crippen molar-refractivity contribution < 1.29 is 14.0 Å². The third kappa shape index (κ3) is 7.81. The van der Waals surface area contributed by atoms with E-state index in [9.17, 15) is 14.0 Å². The van der Waals surface area contributed by atoms with E-state index in [-0.39, 0.29) is 30.6 Å². The molecule has 2 amide bonds. The van der Waals surface area contributed by atoms with Crippen molar-refractivity contribution >= 4 is 35.0 Å². The molecule has 0 unspecified atom stereocenters. The van der Waals surface area contributed by atoms with Crippen LogP contribution in [0.15, 0.2) is 72.8 Å². The van der Waals surface area contributed by atoms with E-state index in [4.69, 9.17) is 23.2 Å². The summed E-state index contributed by atoms with van der Waals surface area (Å²) in [6.07, 6.45) is 2.11. The van der Waals surface area contributed by atoms with Gasteiger partial charge in [0, 0.05) is 35.1 Å². The third-order valence-corrected chi connectivity index (χ3v) is 6.47. The number of hydrogen-bond acceptors (Lipinski definition) is 2. The SMILES string of the molecule is CCCCNC(=O)[C@H](Cc1ccccc1)N(Cc1c(Cl)cccc1Cl)C(=O)Cc1ccc(F)cc1. The van der Waals surface area contributed by atoms with Crippen molar-refractivity contribution in [2.24, 2.45) is 0 Å². The molecular weight excluding hydrogens is 486 g/mol. The maximum atomic E-state index is 13.7. The van der Waals surface area contributed by atoms with Crippen LogP contribution in [0.3, 0.4) is 0 Å². The average molecular weight is 515 g/mol. The van der Waals surface area contributed by atoms with Crippen molar-refractivity contribution in [3.05, 3.63) is 105 Å². The molecule has 0 saturated heterocycles. The molecule has 35 heavy (non-hydrogen) atoms. The number of hydrogen-bond donors (Lipinski definition) is 1. The lowest BCUT2D eigenvalue weighted by Gasteiger charge is -2.32. The minimum atomic E-state index is -0.783. The Morgan fingerprint density at radius 3 is 2.20 bits per heavy atom. The average Bonchev–Trinajstić information content (AvgIpc) is 2.85. The maximum absolute atomic E-state index is 13.7. The fourth-order valence-electron chi connectivity index (χ4n) is 3.79. The zero-order valence-electron chi connectivity index (χ0n) is 19.6. The molecule has 0 aromatic heterocycles. The predicted molar refractivity (Wildman–Crippen MR) is 139 cm³/mol. The van der Waals surface area contributed by atoms with E-state index in [1.54, 1.807) is 30.3 Å². The number of benzene rings is 3. The molecule has 0 aliphatic rings. The Labute approximate surface area is 216 Å². The molecule has 0 aliphatic heterocycles. The summed E-state index contributed by atoms with van der Waals surface area (Å²) in [5.41, 5.74) is 2.15. The van der Waals surface area contributed by atoms with Crippen molar-refractivity contribution in [1.29, 1.82) is 0 Å². The topological polar surface area (TPSA) is 49.4 Å². The first-order valence-electron chi connectivity index (χ1n) is 11.7. The van der Waals surface area contributed by atoms with Crippen LogP contribution >= 0.6 is 23.2 Å². The Balaban J connectivity index is 1.98. The van der Waals surface area contributed by atoms with E-state index in [2.05, 4.69) is 5.32 Å². The number of nitrogens with zero attached hydrogens (tertiary/aromatic N) is 1. The summed E-state index contributed by atoms with van der Waals surface area (Å²) in [4.78, 5) is 28.6. The summed E-state index contributed by atoms with van der Waals surface area (Å²) >= 11 is 12.9. The largest absolute Gasteiger partial charge is 0.354 e. The van der Waals surface area contributed by atoms with Gasteiger partial charge in [-0.3, -0.25) is 9.59 Å². The summed E-state index contributed by atoms with van der Waals surface area (Å²) in [7, 11) is 0. The summed E-state index contributed by atoms with van der Waals surface area (Å²) in [6, 6.07) is 19.7. The smallest absolute Gasteiger partial charge is 0.243 e. The second kappa shape index (κ2) is 13.3. The van der Waals surface area contributed by atoms with Gasteiger partial charge in [0.15, 0.2) is 0 Å². The molecule has 0 saturated carbocycles. The van der Waals surface area contributed by atoms with Crippen molar-refractivity contribution in [2.75, 3.05) is 6.54 Å². The Morgan fingerprint density at radius 2 is 1.57 bits per heavy atom. The van der Waals surface area contributed by atoms with Crippen LogP contribution in [0.2, 0.25) is 10.0 Å². The summed E-state index contributed by atoms with van der Waals surface area (Å²) in [5, 5.41) is 3.81. The van der Waals surface area contributed by atoms with Crippen LogP contribution in [0, 0.1) is 5.82 Å². The molecule has 0 heterocycles.